The van der Waals surface area contributed by atoms with Crippen LogP contribution in [0, 0.1) is 0 Å². The number of phosphoric acid groups is 1. The second kappa shape index (κ2) is 26.2. The molecule has 0 aromatic rings. The molecular formula is C34H61O13P. The maximum Gasteiger partial charge on any atom is 0.472 e. The molecule has 0 aromatic carbocycles. The Morgan fingerprint density at radius 1 is 0.646 bits per heavy atom. The van der Waals surface area contributed by atoms with Crippen molar-refractivity contribution in [3.63, 3.8) is 0 Å². The van der Waals surface area contributed by atoms with Crippen LogP contribution in [-0.2, 0) is 32.7 Å². The average molecular weight is 709 g/mol. The number of rotatable bonds is 27. The summed E-state index contributed by atoms with van der Waals surface area (Å²) in [5.41, 5.74) is 0. The number of aliphatic hydroxyl groups is 5. The lowest BCUT2D eigenvalue weighted by Crippen LogP contribution is -2.64. The Balaban J connectivity index is 2.36. The number of ether oxygens (including phenoxy) is 2. The van der Waals surface area contributed by atoms with Gasteiger partial charge in [-0.05, 0) is 44.9 Å². The molecule has 48 heavy (non-hydrogen) atoms. The Bertz CT molecular complexity index is 959. The van der Waals surface area contributed by atoms with Gasteiger partial charge in [-0.1, -0.05) is 89.5 Å². The van der Waals surface area contributed by atoms with Gasteiger partial charge in [0.2, 0.25) is 0 Å². The highest BCUT2D eigenvalue weighted by atomic mass is 31.2. The van der Waals surface area contributed by atoms with Gasteiger partial charge in [0.05, 0.1) is 6.61 Å². The molecule has 1 aliphatic rings. The summed E-state index contributed by atoms with van der Waals surface area (Å²) in [4.78, 5) is 34.5. The molecule has 0 saturated heterocycles. The maximum absolute atomic E-state index is 12.6. The number of hydrogen-bond acceptors (Lipinski definition) is 12. The molecule has 0 spiro atoms. The van der Waals surface area contributed by atoms with E-state index >= 15 is 0 Å². The molecule has 0 amide bonds. The van der Waals surface area contributed by atoms with E-state index in [1.165, 1.54) is 32.1 Å². The van der Waals surface area contributed by atoms with Gasteiger partial charge in [0.15, 0.2) is 6.10 Å². The Kier molecular flexibility index (Phi) is 24.2. The van der Waals surface area contributed by atoms with Crippen LogP contribution < -0.4 is 0 Å². The van der Waals surface area contributed by atoms with E-state index in [1.807, 2.05) is 0 Å². The lowest BCUT2D eigenvalue weighted by atomic mass is 9.85. The summed E-state index contributed by atoms with van der Waals surface area (Å²) in [5, 5.41) is 49.5. The van der Waals surface area contributed by atoms with E-state index in [2.05, 4.69) is 31.2 Å². The van der Waals surface area contributed by atoms with Crippen molar-refractivity contribution < 1.29 is 63.1 Å². The molecule has 6 atom stereocenters. The molecule has 6 N–H and O–H groups in total. The van der Waals surface area contributed by atoms with Crippen molar-refractivity contribution >= 4 is 19.8 Å². The summed E-state index contributed by atoms with van der Waals surface area (Å²) in [6.07, 6.45) is 11.8. The van der Waals surface area contributed by atoms with Crippen molar-refractivity contribution in [2.45, 2.75) is 166 Å². The first-order valence-corrected chi connectivity index (χ1v) is 19.1. The molecule has 0 radical (unpaired) electrons. The minimum absolute atomic E-state index is 0.0865. The third-order valence-electron chi connectivity index (χ3n) is 8.02. The highest BCUT2D eigenvalue weighted by Gasteiger charge is 2.51. The fourth-order valence-electron chi connectivity index (χ4n) is 5.12. The molecule has 1 rings (SSSR count). The van der Waals surface area contributed by atoms with Gasteiger partial charge in [0.25, 0.3) is 0 Å². The summed E-state index contributed by atoms with van der Waals surface area (Å²) in [6, 6.07) is 0. The van der Waals surface area contributed by atoms with E-state index in [-0.39, 0.29) is 12.8 Å². The Morgan fingerprint density at radius 2 is 1.17 bits per heavy atom. The quantitative estimate of drug-likeness (QED) is 0.0300. The molecule has 13 nitrogen and oxygen atoms in total. The topological polar surface area (TPSA) is 210 Å². The zero-order valence-corrected chi connectivity index (χ0v) is 29.7. The molecular weight excluding hydrogens is 647 g/mol. The highest BCUT2D eigenvalue weighted by molar-refractivity contribution is 7.47. The number of carbonyl (C=O) groups is 2. The zero-order chi connectivity index (χ0) is 35.8. The number of unbranched alkanes of at least 4 members (excludes halogenated alkanes) is 11. The van der Waals surface area contributed by atoms with Crippen LogP contribution in [0.2, 0.25) is 0 Å². The van der Waals surface area contributed by atoms with Crippen LogP contribution in [0.25, 0.3) is 0 Å². The molecule has 14 heteroatoms. The summed E-state index contributed by atoms with van der Waals surface area (Å²) in [5.74, 6) is -1.17. The molecule has 0 heterocycles. The van der Waals surface area contributed by atoms with E-state index in [1.54, 1.807) is 6.92 Å². The summed E-state index contributed by atoms with van der Waals surface area (Å²) in [7, 11) is -5.08. The average Bonchev–Trinajstić information content (AvgIpc) is 3.05. The first-order chi connectivity index (χ1) is 22.9. The molecule has 280 valence electrons. The van der Waals surface area contributed by atoms with E-state index in [4.69, 9.17) is 18.5 Å². The van der Waals surface area contributed by atoms with Crippen molar-refractivity contribution in [3.05, 3.63) is 24.3 Å². The van der Waals surface area contributed by atoms with Crippen LogP contribution >= 0.6 is 7.82 Å². The summed E-state index contributed by atoms with van der Waals surface area (Å²) in [6.45, 7) is 2.81. The Hall–Kier alpha value is -1.67. The van der Waals surface area contributed by atoms with Gasteiger partial charge in [-0.2, -0.15) is 0 Å². The van der Waals surface area contributed by atoms with Crippen LogP contribution in [0.5, 0.6) is 0 Å². The van der Waals surface area contributed by atoms with Crippen molar-refractivity contribution in [2.24, 2.45) is 0 Å². The van der Waals surface area contributed by atoms with Crippen molar-refractivity contribution in [1.82, 2.24) is 0 Å². The second-order valence-electron chi connectivity index (χ2n) is 12.4. The monoisotopic (exact) mass is 708 g/mol. The number of hydrogen-bond donors (Lipinski definition) is 6. The number of phosphoric ester groups is 1. The fraction of sp³-hybridized carbons (Fsp3) is 0.824. The van der Waals surface area contributed by atoms with Crippen molar-refractivity contribution in [1.29, 1.82) is 0 Å². The number of carbonyl (C=O) groups excluding carboxylic acids is 2. The number of esters is 2. The van der Waals surface area contributed by atoms with Gasteiger partial charge >= 0.3 is 19.8 Å². The van der Waals surface area contributed by atoms with Gasteiger partial charge in [0, 0.05) is 12.8 Å². The van der Waals surface area contributed by atoms with E-state index in [9.17, 15) is 44.6 Å². The lowest BCUT2D eigenvalue weighted by molar-refractivity contribution is -0.220. The lowest BCUT2D eigenvalue weighted by Gasteiger charge is -2.41. The second-order valence-corrected chi connectivity index (χ2v) is 13.8. The SMILES string of the molecule is CCCCCC/C=C\C/C=C\CCCCCCCCCC(=O)OC(COC(=O)CCC)COP(=O)(O)OC1C(O)C(O)C(O)C(O)C1O. The maximum atomic E-state index is 12.6. The normalized spacial score (nSPS) is 24.9. The minimum Gasteiger partial charge on any atom is -0.462 e. The Labute approximate surface area is 285 Å². The molecule has 1 aliphatic carbocycles. The third kappa shape index (κ3) is 19.5. The number of allylic oxidation sites excluding steroid dienone is 4. The minimum atomic E-state index is -5.08. The van der Waals surface area contributed by atoms with Gasteiger partial charge in [-0.3, -0.25) is 18.6 Å². The van der Waals surface area contributed by atoms with E-state index < -0.39 is 75.7 Å². The standard InChI is InChI=1S/C34H61O13P/c1-3-5-6-7-8-9-10-11-12-13-14-15-16-17-18-19-20-21-23-28(36)46-26(24-44-27(35)22-4-2)25-45-48(42,43)47-34-32(40)30(38)29(37)31(39)33(34)41/h9-10,12-13,26,29-34,37-41H,3-8,11,14-25H2,1-2H3,(H,42,43)/b10-9-,13-12-. The smallest absolute Gasteiger partial charge is 0.462 e. The van der Waals surface area contributed by atoms with Crippen LogP contribution in [0.4, 0.5) is 0 Å². The summed E-state index contributed by atoms with van der Waals surface area (Å²) >= 11 is 0. The zero-order valence-electron chi connectivity index (χ0n) is 28.8. The van der Waals surface area contributed by atoms with E-state index in [0.717, 1.165) is 51.4 Å². The van der Waals surface area contributed by atoms with Gasteiger partial charge in [-0.25, -0.2) is 4.57 Å². The van der Waals surface area contributed by atoms with Crippen LogP contribution in [0.1, 0.15) is 123 Å². The van der Waals surface area contributed by atoms with Crippen LogP contribution in [0.15, 0.2) is 24.3 Å². The van der Waals surface area contributed by atoms with Crippen molar-refractivity contribution in [2.75, 3.05) is 13.2 Å². The highest BCUT2D eigenvalue weighted by Crippen LogP contribution is 2.47. The Morgan fingerprint density at radius 3 is 1.73 bits per heavy atom. The predicted octanol–water partition coefficient (Wildman–Crippen LogP) is 4.55. The predicted molar refractivity (Wildman–Crippen MR) is 180 cm³/mol. The molecule has 1 saturated carbocycles. The summed E-state index contributed by atoms with van der Waals surface area (Å²) < 4.78 is 32.7. The van der Waals surface area contributed by atoms with Gasteiger partial charge < -0.3 is 39.9 Å². The largest absolute Gasteiger partial charge is 0.472 e. The number of aliphatic hydroxyl groups excluding tert-OH is 5. The third-order valence-corrected chi connectivity index (χ3v) is 9.00. The molecule has 6 unspecified atom stereocenters. The molecule has 0 aromatic heterocycles. The van der Waals surface area contributed by atoms with Crippen LogP contribution in [-0.4, -0.2) is 98.3 Å². The first-order valence-electron chi connectivity index (χ1n) is 17.6. The fourth-order valence-corrected chi connectivity index (χ4v) is 6.09. The molecule has 1 fully saturated rings. The van der Waals surface area contributed by atoms with Gasteiger partial charge in [-0.15, -0.1) is 0 Å². The molecule has 0 aliphatic heterocycles. The first kappa shape index (κ1) is 44.4. The van der Waals surface area contributed by atoms with E-state index in [0.29, 0.717) is 12.8 Å². The van der Waals surface area contributed by atoms with Crippen LogP contribution in [0.3, 0.4) is 0 Å². The van der Waals surface area contributed by atoms with Crippen molar-refractivity contribution in [3.8, 4) is 0 Å². The van der Waals surface area contributed by atoms with Gasteiger partial charge in [0.1, 0.15) is 43.2 Å². The molecule has 0 bridgehead atoms.